The fraction of sp³-hybridized carbons (Fsp3) is 0.923. The highest BCUT2D eigenvalue weighted by molar-refractivity contribution is 8.01. The van der Waals surface area contributed by atoms with Gasteiger partial charge in [-0.05, 0) is 57.2 Å². The molecule has 98 valence electrons. The summed E-state index contributed by atoms with van der Waals surface area (Å²) in [7, 11) is 0. The van der Waals surface area contributed by atoms with E-state index >= 15 is 0 Å². The van der Waals surface area contributed by atoms with E-state index in [4.69, 9.17) is 5.73 Å². The number of hydrogen-bond acceptors (Lipinski definition) is 3. The van der Waals surface area contributed by atoms with E-state index < -0.39 is 0 Å². The van der Waals surface area contributed by atoms with Crippen LogP contribution in [0.3, 0.4) is 0 Å². The Labute approximate surface area is 108 Å². The molecule has 2 rings (SSSR count). The monoisotopic (exact) mass is 256 g/mol. The fourth-order valence-corrected chi connectivity index (χ4v) is 4.28. The first-order chi connectivity index (χ1) is 8.15. The number of likely N-dealkylation sites (tertiary alicyclic amines) is 1. The summed E-state index contributed by atoms with van der Waals surface area (Å²) < 4.78 is -0.134. The van der Waals surface area contributed by atoms with Gasteiger partial charge in [0.25, 0.3) is 0 Å². The molecule has 0 bridgehead atoms. The largest absolute Gasteiger partial charge is 0.341 e. The number of piperidine rings is 1. The molecule has 2 saturated heterocycles. The van der Waals surface area contributed by atoms with Gasteiger partial charge < -0.3 is 10.6 Å². The SMILES string of the molecule is CC1(C(=O)N2CCCC(CCN)C2)CCCS1. The quantitative estimate of drug-likeness (QED) is 0.838. The number of nitrogens with zero attached hydrogens (tertiary/aromatic N) is 1. The van der Waals surface area contributed by atoms with Crippen LogP contribution >= 0.6 is 11.8 Å². The predicted molar refractivity (Wildman–Crippen MR) is 73.1 cm³/mol. The van der Waals surface area contributed by atoms with Crippen LogP contribution in [-0.2, 0) is 4.79 Å². The van der Waals surface area contributed by atoms with Crippen LogP contribution in [-0.4, -0.2) is 40.9 Å². The van der Waals surface area contributed by atoms with Crippen molar-refractivity contribution in [3.8, 4) is 0 Å². The van der Waals surface area contributed by atoms with Gasteiger partial charge in [0.1, 0.15) is 0 Å². The van der Waals surface area contributed by atoms with Crippen molar-refractivity contribution in [2.24, 2.45) is 11.7 Å². The van der Waals surface area contributed by atoms with Crippen molar-refractivity contribution in [3.63, 3.8) is 0 Å². The minimum absolute atomic E-state index is 0.134. The van der Waals surface area contributed by atoms with Gasteiger partial charge >= 0.3 is 0 Å². The molecule has 0 radical (unpaired) electrons. The predicted octanol–water partition coefficient (Wildman–Crippen LogP) is 1.86. The Kier molecular flexibility index (Phi) is 4.36. The Balaban J connectivity index is 1.94. The Morgan fingerprint density at radius 3 is 3.00 bits per heavy atom. The van der Waals surface area contributed by atoms with Crippen LogP contribution < -0.4 is 5.73 Å². The number of thioether (sulfide) groups is 1. The van der Waals surface area contributed by atoms with Gasteiger partial charge in [0.05, 0.1) is 4.75 Å². The summed E-state index contributed by atoms with van der Waals surface area (Å²) in [4.78, 5) is 14.6. The molecule has 2 aliphatic rings. The first-order valence-corrected chi connectivity index (χ1v) is 7.78. The number of carbonyl (C=O) groups is 1. The lowest BCUT2D eigenvalue weighted by Gasteiger charge is -2.37. The molecular weight excluding hydrogens is 232 g/mol. The van der Waals surface area contributed by atoms with E-state index in [1.54, 1.807) is 0 Å². The fourth-order valence-electron chi connectivity index (χ4n) is 3.00. The van der Waals surface area contributed by atoms with Gasteiger partial charge in [0.2, 0.25) is 5.91 Å². The van der Waals surface area contributed by atoms with Gasteiger partial charge in [-0.15, -0.1) is 11.8 Å². The summed E-state index contributed by atoms with van der Waals surface area (Å²) >= 11 is 1.85. The average molecular weight is 256 g/mol. The maximum atomic E-state index is 12.5. The highest BCUT2D eigenvalue weighted by atomic mass is 32.2. The summed E-state index contributed by atoms with van der Waals surface area (Å²) in [5, 5.41) is 0. The Morgan fingerprint density at radius 1 is 1.53 bits per heavy atom. The molecule has 2 atom stereocenters. The maximum Gasteiger partial charge on any atom is 0.238 e. The topological polar surface area (TPSA) is 46.3 Å². The van der Waals surface area contributed by atoms with Gasteiger partial charge in [-0.25, -0.2) is 0 Å². The summed E-state index contributed by atoms with van der Waals surface area (Å²) in [6, 6.07) is 0. The number of amides is 1. The zero-order chi connectivity index (χ0) is 12.3. The van der Waals surface area contributed by atoms with E-state index in [1.165, 1.54) is 12.8 Å². The highest BCUT2D eigenvalue weighted by Gasteiger charge is 2.40. The molecule has 0 aromatic rings. The minimum atomic E-state index is -0.134. The van der Waals surface area contributed by atoms with Gasteiger partial charge in [-0.2, -0.15) is 0 Å². The molecule has 2 N–H and O–H groups in total. The normalized spacial score (nSPS) is 34.0. The molecule has 2 unspecified atom stereocenters. The molecule has 1 amide bonds. The van der Waals surface area contributed by atoms with Crippen molar-refractivity contribution in [1.82, 2.24) is 4.90 Å². The molecular formula is C13H24N2OS. The van der Waals surface area contributed by atoms with Crippen molar-refractivity contribution >= 4 is 17.7 Å². The van der Waals surface area contributed by atoms with Crippen LogP contribution in [0.2, 0.25) is 0 Å². The molecule has 0 aromatic heterocycles. The zero-order valence-corrected chi connectivity index (χ0v) is 11.6. The smallest absolute Gasteiger partial charge is 0.238 e. The summed E-state index contributed by atoms with van der Waals surface area (Å²) in [5.74, 6) is 2.15. The van der Waals surface area contributed by atoms with Crippen LogP contribution in [0.1, 0.15) is 39.0 Å². The van der Waals surface area contributed by atoms with E-state index in [1.807, 2.05) is 11.8 Å². The van der Waals surface area contributed by atoms with Crippen molar-refractivity contribution < 1.29 is 4.79 Å². The molecule has 0 aromatic carbocycles. The zero-order valence-electron chi connectivity index (χ0n) is 10.8. The van der Waals surface area contributed by atoms with E-state index in [2.05, 4.69) is 11.8 Å². The number of hydrogen-bond donors (Lipinski definition) is 1. The van der Waals surface area contributed by atoms with E-state index in [0.717, 1.165) is 44.6 Å². The first-order valence-electron chi connectivity index (χ1n) is 6.79. The molecule has 0 spiro atoms. The lowest BCUT2D eigenvalue weighted by atomic mass is 9.93. The third-order valence-corrected chi connectivity index (χ3v) is 5.56. The first kappa shape index (κ1) is 13.2. The Bertz CT molecular complexity index is 275. The molecule has 17 heavy (non-hydrogen) atoms. The lowest BCUT2D eigenvalue weighted by Crippen LogP contribution is -2.48. The Hall–Kier alpha value is -0.220. The second-order valence-electron chi connectivity index (χ2n) is 5.52. The van der Waals surface area contributed by atoms with Crippen LogP contribution in [0.5, 0.6) is 0 Å². The molecule has 0 aliphatic carbocycles. The standard InChI is InChI=1S/C13H24N2OS/c1-13(6-3-9-17-13)12(16)15-8-2-4-11(10-15)5-7-14/h11H,2-10,14H2,1H3. The molecule has 2 heterocycles. The second kappa shape index (κ2) is 5.61. The number of carbonyl (C=O) groups excluding carboxylic acids is 1. The van der Waals surface area contributed by atoms with Gasteiger partial charge in [0, 0.05) is 13.1 Å². The van der Waals surface area contributed by atoms with Crippen LogP contribution in [0, 0.1) is 5.92 Å². The lowest BCUT2D eigenvalue weighted by molar-refractivity contribution is -0.135. The minimum Gasteiger partial charge on any atom is -0.341 e. The number of rotatable bonds is 3. The second-order valence-corrected chi connectivity index (χ2v) is 7.12. The van der Waals surface area contributed by atoms with Crippen molar-refractivity contribution in [1.29, 1.82) is 0 Å². The number of nitrogens with two attached hydrogens (primary N) is 1. The summed E-state index contributed by atoms with van der Waals surface area (Å²) in [5.41, 5.74) is 5.62. The van der Waals surface area contributed by atoms with E-state index in [-0.39, 0.29) is 4.75 Å². The average Bonchev–Trinajstić information content (AvgIpc) is 2.77. The van der Waals surface area contributed by atoms with Crippen molar-refractivity contribution in [3.05, 3.63) is 0 Å². The molecule has 3 nitrogen and oxygen atoms in total. The van der Waals surface area contributed by atoms with Gasteiger partial charge in [-0.3, -0.25) is 4.79 Å². The molecule has 2 fully saturated rings. The van der Waals surface area contributed by atoms with Crippen LogP contribution in [0.25, 0.3) is 0 Å². The van der Waals surface area contributed by atoms with Crippen LogP contribution in [0.15, 0.2) is 0 Å². The Morgan fingerprint density at radius 2 is 2.35 bits per heavy atom. The third kappa shape index (κ3) is 2.97. The van der Waals surface area contributed by atoms with Crippen molar-refractivity contribution in [2.75, 3.05) is 25.4 Å². The molecule has 4 heteroatoms. The van der Waals surface area contributed by atoms with Crippen molar-refractivity contribution in [2.45, 2.75) is 43.8 Å². The maximum absolute atomic E-state index is 12.5. The van der Waals surface area contributed by atoms with E-state index in [9.17, 15) is 4.79 Å². The molecule has 2 aliphatic heterocycles. The third-order valence-electron chi connectivity index (χ3n) is 4.05. The van der Waals surface area contributed by atoms with Crippen LogP contribution in [0.4, 0.5) is 0 Å². The van der Waals surface area contributed by atoms with E-state index in [0.29, 0.717) is 11.8 Å². The van der Waals surface area contributed by atoms with Gasteiger partial charge in [0.15, 0.2) is 0 Å². The molecule has 0 saturated carbocycles. The van der Waals surface area contributed by atoms with Gasteiger partial charge in [-0.1, -0.05) is 0 Å². The summed E-state index contributed by atoms with van der Waals surface area (Å²) in [6.07, 6.45) is 5.69. The summed E-state index contributed by atoms with van der Waals surface area (Å²) in [6.45, 7) is 4.76. The highest BCUT2D eigenvalue weighted by Crippen LogP contribution is 2.39.